The van der Waals surface area contributed by atoms with Crippen LogP contribution in [0.1, 0.15) is 24.0 Å². The second-order valence-corrected chi connectivity index (χ2v) is 10.2. The molecule has 0 spiro atoms. The van der Waals surface area contributed by atoms with Crippen LogP contribution < -0.4 is 4.90 Å². The van der Waals surface area contributed by atoms with Gasteiger partial charge in [0.1, 0.15) is 12.4 Å². The summed E-state index contributed by atoms with van der Waals surface area (Å²) in [6.07, 6.45) is 2.31. The topological polar surface area (TPSA) is 72.7 Å². The molecule has 3 aliphatic heterocycles. The number of rotatable bonds is 8. The Balaban J connectivity index is 1.27. The van der Waals surface area contributed by atoms with Gasteiger partial charge in [-0.2, -0.15) is 0 Å². The molecule has 37 heavy (non-hydrogen) atoms. The van der Waals surface area contributed by atoms with Crippen molar-refractivity contribution in [2.45, 2.75) is 31.9 Å². The van der Waals surface area contributed by atoms with Crippen LogP contribution in [0.3, 0.4) is 0 Å². The number of nitro benzene ring substituents is 1. The van der Waals surface area contributed by atoms with Crippen LogP contribution in [0.4, 0.5) is 20.6 Å². The van der Waals surface area contributed by atoms with Crippen LogP contribution in [0.15, 0.2) is 78.9 Å². The predicted molar refractivity (Wildman–Crippen MR) is 139 cm³/mol. The van der Waals surface area contributed by atoms with Crippen molar-refractivity contribution in [3.8, 4) is 0 Å². The van der Waals surface area contributed by atoms with E-state index in [4.69, 9.17) is 4.74 Å². The molecule has 1 amide bonds. The molecule has 192 valence electrons. The molecule has 0 aliphatic carbocycles. The number of nitrogens with zero attached hydrogens (tertiary/aromatic N) is 3. The molecule has 8 heteroatoms. The van der Waals surface area contributed by atoms with Crippen molar-refractivity contribution >= 4 is 17.5 Å². The van der Waals surface area contributed by atoms with Crippen LogP contribution in [0.5, 0.6) is 0 Å². The number of piperidine rings is 3. The molecule has 3 aromatic carbocycles. The summed E-state index contributed by atoms with van der Waals surface area (Å²) >= 11 is 0. The van der Waals surface area contributed by atoms with Gasteiger partial charge >= 0.3 is 6.09 Å². The number of ether oxygens (including phenoxy) is 1. The van der Waals surface area contributed by atoms with Gasteiger partial charge in [0.05, 0.1) is 31.1 Å². The normalized spacial score (nSPS) is 22.4. The van der Waals surface area contributed by atoms with Crippen LogP contribution in [0.25, 0.3) is 0 Å². The monoisotopic (exact) mass is 504 g/mol. The van der Waals surface area contributed by atoms with Crippen molar-refractivity contribution in [2.24, 2.45) is 5.92 Å². The second kappa shape index (κ2) is 10.7. The Morgan fingerprint density at radius 2 is 1.62 bits per heavy atom. The first-order valence-electron chi connectivity index (χ1n) is 12.8. The highest BCUT2D eigenvalue weighted by Gasteiger charge is 2.47. The van der Waals surface area contributed by atoms with Crippen molar-refractivity contribution in [3.63, 3.8) is 0 Å². The van der Waals surface area contributed by atoms with Gasteiger partial charge in [-0.1, -0.05) is 42.5 Å². The number of halogens is 1. The molecule has 1 atom stereocenters. The molecule has 3 heterocycles. The third-order valence-corrected chi connectivity index (χ3v) is 7.86. The Morgan fingerprint density at radius 3 is 2.27 bits per heavy atom. The lowest BCUT2D eigenvalue weighted by Crippen LogP contribution is -2.65. The van der Waals surface area contributed by atoms with Gasteiger partial charge in [0.25, 0.3) is 5.69 Å². The first kappa shape index (κ1) is 24.9. The lowest BCUT2D eigenvalue weighted by Gasteiger charge is -2.52. The number of carbonyl (C=O) groups is 1. The molecule has 7 nitrogen and oxygen atoms in total. The lowest BCUT2D eigenvalue weighted by molar-refractivity contribution is -0.945. The molecule has 6 rings (SSSR count). The summed E-state index contributed by atoms with van der Waals surface area (Å²) in [5.74, 6) is 0.0411. The lowest BCUT2D eigenvalue weighted by atomic mass is 9.83. The summed E-state index contributed by atoms with van der Waals surface area (Å²) in [4.78, 5) is 25.7. The number of benzene rings is 3. The summed E-state index contributed by atoms with van der Waals surface area (Å²) in [5.41, 5.74) is 2.74. The summed E-state index contributed by atoms with van der Waals surface area (Å²) in [5, 5.41) is 10.9. The van der Waals surface area contributed by atoms with E-state index in [9.17, 15) is 19.3 Å². The van der Waals surface area contributed by atoms with Gasteiger partial charge in [0.2, 0.25) is 0 Å². The Morgan fingerprint density at radius 1 is 0.973 bits per heavy atom. The van der Waals surface area contributed by atoms with E-state index in [0.717, 1.165) is 66.7 Å². The number of non-ortho nitro benzene ring substituents is 1. The van der Waals surface area contributed by atoms with Crippen molar-refractivity contribution in [1.29, 1.82) is 0 Å². The molecule has 3 saturated heterocycles. The number of fused-ring (bicyclic) bond motifs is 3. The number of hydrogen-bond acceptors (Lipinski definition) is 4. The molecule has 0 radical (unpaired) electrons. The van der Waals surface area contributed by atoms with Gasteiger partial charge in [0, 0.05) is 43.0 Å². The average molecular weight is 505 g/mol. The smallest absolute Gasteiger partial charge is 0.415 e. The van der Waals surface area contributed by atoms with E-state index < -0.39 is 0 Å². The molecular weight excluding hydrogens is 473 g/mol. The van der Waals surface area contributed by atoms with E-state index >= 15 is 0 Å². The number of para-hydroxylation sites is 1. The van der Waals surface area contributed by atoms with E-state index in [2.05, 4.69) is 0 Å². The van der Waals surface area contributed by atoms with E-state index in [1.165, 1.54) is 12.1 Å². The quantitative estimate of drug-likeness (QED) is 0.223. The summed E-state index contributed by atoms with van der Waals surface area (Å²) < 4.78 is 20.5. The average Bonchev–Trinajstić information content (AvgIpc) is 2.93. The van der Waals surface area contributed by atoms with Gasteiger partial charge in [-0.25, -0.2) is 9.18 Å². The number of anilines is 1. The van der Waals surface area contributed by atoms with Crippen LogP contribution in [-0.4, -0.2) is 47.8 Å². The Labute approximate surface area is 215 Å². The minimum atomic E-state index is -0.386. The fourth-order valence-electron chi connectivity index (χ4n) is 5.65. The standard InChI is InChI=1S/C29H31FN3O4/c30-25-10-6-23(7-11-25)20-31(26-4-2-1-3-5-26)29(34)37-28-21-33(18-15-24(28)16-19-33)17-14-22-8-12-27(13-9-22)32(35)36/h1-13,24,28H,14-21H2/q+1/t24?,28-,33?/m0/s1. The zero-order valence-corrected chi connectivity index (χ0v) is 20.7. The molecule has 0 saturated carbocycles. The SMILES string of the molecule is O=C(O[C@H]1C[N+]2(CCc3ccc([N+](=O)[O-])cc3)CCC1CC2)N(Cc1ccc(F)cc1)c1ccccc1. The van der Waals surface area contributed by atoms with Crippen molar-refractivity contribution < 1.29 is 23.3 Å². The molecule has 0 N–H and O–H groups in total. The highest BCUT2D eigenvalue weighted by Crippen LogP contribution is 2.36. The van der Waals surface area contributed by atoms with Gasteiger partial charge in [-0.05, 0) is 35.4 Å². The highest BCUT2D eigenvalue weighted by molar-refractivity contribution is 5.87. The summed E-state index contributed by atoms with van der Waals surface area (Å²) in [7, 11) is 0. The van der Waals surface area contributed by atoms with Gasteiger partial charge in [-0.3, -0.25) is 15.0 Å². The fraction of sp³-hybridized carbons (Fsp3) is 0.345. The van der Waals surface area contributed by atoms with E-state index in [0.29, 0.717) is 12.5 Å². The first-order valence-corrected chi connectivity index (χ1v) is 12.8. The van der Waals surface area contributed by atoms with Crippen LogP contribution in [0.2, 0.25) is 0 Å². The van der Waals surface area contributed by atoms with E-state index in [1.807, 2.05) is 42.5 Å². The zero-order valence-electron chi connectivity index (χ0n) is 20.7. The van der Waals surface area contributed by atoms with Crippen molar-refractivity contribution in [3.05, 3.63) is 106 Å². The second-order valence-electron chi connectivity index (χ2n) is 10.2. The summed E-state index contributed by atoms with van der Waals surface area (Å²) in [6.45, 7) is 4.10. The molecule has 0 unspecified atom stereocenters. The van der Waals surface area contributed by atoms with Crippen molar-refractivity contribution in [2.75, 3.05) is 31.1 Å². The van der Waals surface area contributed by atoms with E-state index in [1.54, 1.807) is 29.2 Å². The van der Waals surface area contributed by atoms with Crippen molar-refractivity contribution in [1.82, 2.24) is 0 Å². The summed E-state index contributed by atoms with van der Waals surface area (Å²) in [6, 6.07) is 22.4. The maximum absolute atomic E-state index is 13.5. The largest absolute Gasteiger partial charge is 0.440 e. The van der Waals surface area contributed by atoms with Gasteiger partial charge < -0.3 is 9.22 Å². The number of quaternary nitrogens is 1. The number of hydrogen-bond donors (Lipinski definition) is 0. The third-order valence-electron chi connectivity index (χ3n) is 7.86. The Hall–Kier alpha value is -3.78. The highest BCUT2D eigenvalue weighted by atomic mass is 19.1. The van der Waals surface area contributed by atoms with E-state index in [-0.39, 0.29) is 28.6 Å². The first-order chi connectivity index (χ1) is 17.9. The Bertz CT molecular complexity index is 1230. The Kier molecular flexibility index (Phi) is 7.19. The molecular formula is C29H31FN3O4+. The number of amides is 1. The minimum Gasteiger partial charge on any atom is -0.440 e. The van der Waals surface area contributed by atoms with Crippen LogP contribution in [0, 0.1) is 21.8 Å². The maximum atomic E-state index is 13.5. The predicted octanol–water partition coefficient (Wildman–Crippen LogP) is 5.73. The molecule has 2 bridgehead atoms. The van der Waals surface area contributed by atoms with Gasteiger partial charge in [0.15, 0.2) is 6.10 Å². The minimum absolute atomic E-state index is 0.102. The third kappa shape index (κ3) is 5.80. The zero-order chi connectivity index (χ0) is 25.8. The number of nitro groups is 1. The van der Waals surface area contributed by atoms with Crippen LogP contribution >= 0.6 is 0 Å². The molecule has 3 aromatic rings. The maximum Gasteiger partial charge on any atom is 0.415 e. The molecule has 0 aromatic heterocycles. The van der Waals surface area contributed by atoms with Gasteiger partial charge in [-0.15, -0.1) is 0 Å². The molecule has 3 fully saturated rings. The number of carbonyl (C=O) groups excluding carboxylic acids is 1. The molecule has 3 aliphatic rings. The van der Waals surface area contributed by atoms with Crippen LogP contribution in [-0.2, 0) is 17.7 Å². The fourth-order valence-corrected chi connectivity index (χ4v) is 5.65.